The minimum Gasteiger partial charge on any atom is -0.371 e. The SMILES string of the molecule is O=C1CCC2(CC1)CCN(c1ccncc1)CC2. The number of carbonyl (C=O) groups is 1. The fourth-order valence-electron chi connectivity index (χ4n) is 3.35. The van der Waals surface area contributed by atoms with Crippen LogP contribution in [0.15, 0.2) is 24.5 Å². The van der Waals surface area contributed by atoms with Crippen molar-refractivity contribution in [1.29, 1.82) is 0 Å². The van der Waals surface area contributed by atoms with Gasteiger partial charge in [-0.25, -0.2) is 0 Å². The molecule has 3 rings (SSSR count). The second-order valence-electron chi connectivity index (χ2n) is 5.73. The van der Waals surface area contributed by atoms with Crippen LogP contribution in [0.5, 0.6) is 0 Å². The maximum Gasteiger partial charge on any atom is 0.132 e. The van der Waals surface area contributed by atoms with Crippen molar-refractivity contribution in [1.82, 2.24) is 4.98 Å². The first kappa shape index (κ1) is 11.7. The van der Waals surface area contributed by atoms with Crippen molar-refractivity contribution in [2.24, 2.45) is 5.41 Å². The minimum absolute atomic E-state index is 0.470. The van der Waals surface area contributed by atoms with Crippen LogP contribution in [0.1, 0.15) is 38.5 Å². The number of carbonyl (C=O) groups excluding carboxylic acids is 1. The molecule has 0 amide bonds. The molecule has 0 radical (unpaired) electrons. The van der Waals surface area contributed by atoms with E-state index in [2.05, 4.69) is 22.0 Å². The average Bonchev–Trinajstić information content (AvgIpc) is 2.44. The molecule has 1 aromatic heterocycles. The molecule has 1 saturated heterocycles. The summed E-state index contributed by atoms with van der Waals surface area (Å²) in [6.07, 6.45) is 10.1. The van der Waals surface area contributed by atoms with Crippen molar-refractivity contribution in [2.75, 3.05) is 18.0 Å². The van der Waals surface area contributed by atoms with Crippen LogP contribution in [0.4, 0.5) is 5.69 Å². The van der Waals surface area contributed by atoms with Crippen molar-refractivity contribution < 1.29 is 4.79 Å². The molecule has 1 saturated carbocycles. The van der Waals surface area contributed by atoms with Gasteiger partial charge in [0.25, 0.3) is 0 Å². The predicted molar refractivity (Wildman–Crippen MR) is 71.6 cm³/mol. The summed E-state index contributed by atoms with van der Waals surface area (Å²) in [4.78, 5) is 17.9. The van der Waals surface area contributed by atoms with Gasteiger partial charge in [-0.15, -0.1) is 0 Å². The van der Waals surface area contributed by atoms with E-state index in [9.17, 15) is 4.79 Å². The van der Waals surface area contributed by atoms with Gasteiger partial charge in [-0.2, -0.15) is 0 Å². The third-order valence-electron chi connectivity index (χ3n) is 4.72. The summed E-state index contributed by atoms with van der Waals surface area (Å²) in [5, 5.41) is 0. The van der Waals surface area contributed by atoms with Crippen LogP contribution in [0.3, 0.4) is 0 Å². The van der Waals surface area contributed by atoms with E-state index in [1.54, 1.807) is 0 Å². The highest BCUT2D eigenvalue weighted by Gasteiger charge is 2.37. The standard InChI is InChI=1S/C15H20N2O/c18-14-1-5-15(6-2-14)7-11-17(12-8-15)13-3-9-16-10-4-13/h3-4,9-10H,1-2,5-8,11-12H2. The highest BCUT2D eigenvalue weighted by Crippen LogP contribution is 2.44. The molecule has 1 aromatic rings. The zero-order valence-corrected chi connectivity index (χ0v) is 10.8. The number of hydrogen-bond acceptors (Lipinski definition) is 3. The van der Waals surface area contributed by atoms with Crippen molar-refractivity contribution >= 4 is 11.5 Å². The quantitative estimate of drug-likeness (QED) is 0.761. The molecule has 96 valence electrons. The highest BCUT2D eigenvalue weighted by molar-refractivity contribution is 5.79. The van der Waals surface area contributed by atoms with Crippen molar-refractivity contribution in [3.8, 4) is 0 Å². The second kappa shape index (κ2) is 4.71. The van der Waals surface area contributed by atoms with Crippen molar-refractivity contribution in [3.05, 3.63) is 24.5 Å². The summed E-state index contributed by atoms with van der Waals surface area (Å²) in [5.74, 6) is 0.470. The number of anilines is 1. The Hall–Kier alpha value is -1.38. The Balaban J connectivity index is 1.63. The lowest BCUT2D eigenvalue weighted by Crippen LogP contribution is -2.42. The van der Waals surface area contributed by atoms with E-state index >= 15 is 0 Å². The number of ketones is 1. The molecule has 3 nitrogen and oxygen atoms in total. The number of Topliss-reactive ketones (excluding diaryl/α,β-unsaturated/α-hetero) is 1. The Morgan fingerprint density at radius 1 is 1.00 bits per heavy atom. The van der Waals surface area contributed by atoms with Crippen molar-refractivity contribution in [3.63, 3.8) is 0 Å². The number of piperidine rings is 1. The van der Waals surface area contributed by atoms with Crippen LogP contribution in [0.2, 0.25) is 0 Å². The maximum atomic E-state index is 11.4. The summed E-state index contributed by atoms with van der Waals surface area (Å²) in [5.41, 5.74) is 1.75. The third kappa shape index (κ3) is 2.26. The molecule has 0 N–H and O–H groups in total. The fraction of sp³-hybridized carbons (Fsp3) is 0.600. The van der Waals surface area contributed by atoms with Gasteiger partial charge in [-0.1, -0.05) is 0 Å². The zero-order valence-electron chi connectivity index (χ0n) is 10.8. The fourth-order valence-corrected chi connectivity index (χ4v) is 3.35. The molecule has 18 heavy (non-hydrogen) atoms. The van der Waals surface area contributed by atoms with Gasteiger partial charge in [0.15, 0.2) is 0 Å². The normalized spacial score (nSPS) is 23.3. The molecular formula is C15H20N2O. The van der Waals surface area contributed by atoms with Gasteiger partial charge in [-0.3, -0.25) is 9.78 Å². The van der Waals surface area contributed by atoms with E-state index in [-0.39, 0.29) is 0 Å². The zero-order chi connectivity index (χ0) is 12.4. The molecule has 2 heterocycles. The molecule has 2 aliphatic rings. The predicted octanol–water partition coefficient (Wildman–Crippen LogP) is 2.81. The van der Waals surface area contributed by atoms with Gasteiger partial charge < -0.3 is 4.90 Å². The largest absolute Gasteiger partial charge is 0.371 e. The molecule has 0 bridgehead atoms. The molecule has 0 atom stereocenters. The Bertz CT molecular complexity index is 409. The molecule has 1 spiro atoms. The molecule has 1 aliphatic carbocycles. The van der Waals surface area contributed by atoms with Gasteiger partial charge in [0.2, 0.25) is 0 Å². The topological polar surface area (TPSA) is 33.2 Å². The van der Waals surface area contributed by atoms with E-state index < -0.39 is 0 Å². The van der Waals surface area contributed by atoms with Gasteiger partial charge in [-0.05, 0) is 43.2 Å². The number of rotatable bonds is 1. The first-order valence-electron chi connectivity index (χ1n) is 6.94. The average molecular weight is 244 g/mol. The first-order chi connectivity index (χ1) is 8.77. The van der Waals surface area contributed by atoms with Crippen LogP contribution in [0, 0.1) is 5.41 Å². The third-order valence-corrected chi connectivity index (χ3v) is 4.72. The smallest absolute Gasteiger partial charge is 0.132 e. The monoisotopic (exact) mass is 244 g/mol. The second-order valence-corrected chi connectivity index (χ2v) is 5.73. The van der Waals surface area contributed by atoms with Crippen LogP contribution < -0.4 is 4.90 Å². The van der Waals surface area contributed by atoms with Gasteiger partial charge >= 0.3 is 0 Å². The van der Waals surface area contributed by atoms with Crippen molar-refractivity contribution in [2.45, 2.75) is 38.5 Å². The summed E-state index contributed by atoms with van der Waals surface area (Å²) >= 11 is 0. The summed E-state index contributed by atoms with van der Waals surface area (Å²) in [7, 11) is 0. The van der Waals surface area contributed by atoms with Crippen LogP contribution >= 0.6 is 0 Å². The summed E-state index contributed by atoms with van der Waals surface area (Å²) in [6.45, 7) is 2.25. The Kier molecular flexibility index (Phi) is 3.06. The molecule has 2 fully saturated rings. The molecule has 0 unspecified atom stereocenters. The number of pyridine rings is 1. The van der Waals surface area contributed by atoms with Crippen LogP contribution in [-0.2, 0) is 4.79 Å². The number of aromatic nitrogens is 1. The number of nitrogens with zero attached hydrogens (tertiary/aromatic N) is 2. The van der Waals surface area contributed by atoms with E-state index in [1.807, 2.05) is 12.4 Å². The van der Waals surface area contributed by atoms with E-state index in [4.69, 9.17) is 0 Å². The van der Waals surface area contributed by atoms with Gasteiger partial charge in [0, 0.05) is 44.0 Å². The summed E-state index contributed by atoms with van der Waals surface area (Å²) in [6, 6.07) is 4.17. The number of hydrogen-bond donors (Lipinski definition) is 0. The Morgan fingerprint density at radius 2 is 1.61 bits per heavy atom. The first-order valence-corrected chi connectivity index (χ1v) is 6.94. The molecule has 1 aliphatic heterocycles. The lowest BCUT2D eigenvalue weighted by molar-refractivity contribution is -0.122. The lowest BCUT2D eigenvalue weighted by atomic mass is 9.68. The molecule has 3 heteroatoms. The highest BCUT2D eigenvalue weighted by atomic mass is 16.1. The lowest BCUT2D eigenvalue weighted by Gasteiger charge is -2.44. The van der Waals surface area contributed by atoms with Crippen LogP contribution in [-0.4, -0.2) is 23.9 Å². The van der Waals surface area contributed by atoms with Gasteiger partial charge in [0.05, 0.1) is 0 Å². The van der Waals surface area contributed by atoms with E-state index in [0.29, 0.717) is 11.2 Å². The molecular weight excluding hydrogens is 224 g/mol. The minimum atomic E-state index is 0.470. The Morgan fingerprint density at radius 3 is 2.22 bits per heavy atom. The maximum absolute atomic E-state index is 11.4. The van der Waals surface area contributed by atoms with E-state index in [1.165, 1.54) is 18.5 Å². The molecule has 0 aromatic carbocycles. The van der Waals surface area contributed by atoms with Gasteiger partial charge in [0.1, 0.15) is 5.78 Å². The van der Waals surface area contributed by atoms with Crippen LogP contribution in [0.25, 0.3) is 0 Å². The summed E-state index contributed by atoms with van der Waals surface area (Å²) < 4.78 is 0. The van der Waals surface area contributed by atoms with E-state index in [0.717, 1.165) is 38.8 Å². The Labute approximate surface area is 108 Å².